The Balaban J connectivity index is 1.79. The van der Waals surface area contributed by atoms with E-state index in [1.807, 2.05) is 30.3 Å². The SMILES string of the molecule is CC(C)c1c(C(=O)NCc2ccccc2CN(C)C(C)C)cnn1-c1ccccn1. The molecule has 0 fully saturated rings. The van der Waals surface area contributed by atoms with E-state index in [2.05, 4.69) is 67.2 Å². The van der Waals surface area contributed by atoms with Gasteiger partial charge in [-0.05, 0) is 50.1 Å². The lowest BCUT2D eigenvalue weighted by atomic mass is 10.0. The average Bonchev–Trinajstić information content (AvgIpc) is 3.19. The van der Waals surface area contributed by atoms with Crippen LogP contribution in [0.1, 0.15) is 60.8 Å². The first-order chi connectivity index (χ1) is 14.4. The predicted octanol–water partition coefficient (Wildman–Crippen LogP) is 4.16. The van der Waals surface area contributed by atoms with E-state index in [4.69, 9.17) is 0 Å². The summed E-state index contributed by atoms with van der Waals surface area (Å²) in [5.74, 6) is 0.720. The second-order valence-corrected chi connectivity index (χ2v) is 8.16. The van der Waals surface area contributed by atoms with Gasteiger partial charge in [-0.1, -0.05) is 44.2 Å². The fourth-order valence-corrected chi connectivity index (χ4v) is 3.36. The summed E-state index contributed by atoms with van der Waals surface area (Å²) in [5.41, 5.74) is 3.80. The first-order valence-electron chi connectivity index (χ1n) is 10.4. The summed E-state index contributed by atoms with van der Waals surface area (Å²) in [6, 6.07) is 14.4. The minimum absolute atomic E-state index is 0.118. The summed E-state index contributed by atoms with van der Waals surface area (Å²) >= 11 is 0. The Morgan fingerprint density at radius 3 is 2.40 bits per heavy atom. The Bertz CT molecular complexity index is 978. The number of carbonyl (C=O) groups is 1. The molecule has 0 spiro atoms. The van der Waals surface area contributed by atoms with Crippen LogP contribution >= 0.6 is 0 Å². The van der Waals surface area contributed by atoms with Gasteiger partial charge in [-0.15, -0.1) is 0 Å². The molecule has 0 saturated carbocycles. The third-order valence-corrected chi connectivity index (χ3v) is 5.32. The molecule has 0 aliphatic heterocycles. The Labute approximate surface area is 178 Å². The van der Waals surface area contributed by atoms with Crippen molar-refractivity contribution in [2.75, 3.05) is 7.05 Å². The molecule has 30 heavy (non-hydrogen) atoms. The molecule has 1 aromatic carbocycles. The highest BCUT2D eigenvalue weighted by Gasteiger charge is 2.21. The normalized spacial score (nSPS) is 11.5. The van der Waals surface area contributed by atoms with Crippen molar-refractivity contribution in [3.63, 3.8) is 0 Å². The van der Waals surface area contributed by atoms with E-state index < -0.39 is 0 Å². The molecule has 2 aromatic heterocycles. The Hall–Kier alpha value is -2.99. The van der Waals surface area contributed by atoms with E-state index in [1.165, 1.54) is 5.56 Å². The lowest BCUT2D eigenvalue weighted by Gasteiger charge is -2.22. The zero-order valence-electron chi connectivity index (χ0n) is 18.5. The van der Waals surface area contributed by atoms with Gasteiger partial charge in [-0.25, -0.2) is 9.67 Å². The summed E-state index contributed by atoms with van der Waals surface area (Å²) in [7, 11) is 2.11. The van der Waals surface area contributed by atoms with Crippen LogP contribution in [-0.4, -0.2) is 38.7 Å². The topological polar surface area (TPSA) is 63.1 Å². The summed E-state index contributed by atoms with van der Waals surface area (Å²) in [6.45, 7) is 9.80. The lowest BCUT2D eigenvalue weighted by Crippen LogP contribution is -2.28. The molecule has 0 unspecified atom stereocenters. The van der Waals surface area contributed by atoms with Crippen LogP contribution in [0.5, 0.6) is 0 Å². The number of pyridine rings is 1. The zero-order valence-corrected chi connectivity index (χ0v) is 18.5. The number of carbonyl (C=O) groups excluding carboxylic acids is 1. The summed E-state index contributed by atoms with van der Waals surface area (Å²) in [6.07, 6.45) is 3.36. The molecular weight excluding hydrogens is 374 g/mol. The Morgan fingerprint density at radius 2 is 1.77 bits per heavy atom. The predicted molar refractivity (Wildman–Crippen MR) is 120 cm³/mol. The van der Waals surface area contributed by atoms with Gasteiger partial charge in [0.15, 0.2) is 5.82 Å². The van der Waals surface area contributed by atoms with Gasteiger partial charge in [0.25, 0.3) is 5.91 Å². The van der Waals surface area contributed by atoms with Gasteiger partial charge in [0, 0.05) is 25.3 Å². The van der Waals surface area contributed by atoms with E-state index in [0.29, 0.717) is 24.0 Å². The van der Waals surface area contributed by atoms with E-state index in [1.54, 1.807) is 17.1 Å². The maximum absolute atomic E-state index is 13.0. The quantitative estimate of drug-likeness (QED) is 0.611. The molecular formula is C24H31N5O. The monoisotopic (exact) mass is 405 g/mol. The van der Waals surface area contributed by atoms with Gasteiger partial charge in [0.05, 0.1) is 17.5 Å². The van der Waals surface area contributed by atoms with E-state index in [-0.39, 0.29) is 11.8 Å². The van der Waals surface area contributed by atoms with Crippen molar-refractivity contribution >= 4 is 5.91 Å². The standard InChI is InChI=1S/C24H31N5O/c1-17(2)23-21(15-27-29(23)22-12-8-9-13-25-22)24(30)26-14-19-10-6-7-11-20(19)16-28(5)18(3)4/h6-13,15,17-18H,14,16H2,1-5H3,(H,26,30). The van der Waals surface area contributed by atoms with Crippen LogP contribution in [-0.2, 0) is 13.1 Å². The molecule has 3 rings (SSSR count). The van der Waals surface area contributed by atoms with Gasteiger partial charge in [-0.3, -0.25) is 9.69 Å². The minimum Gasteiger partial charge on any atom is -0.348 e. The van der Waals surface area contributed by atoms with Gasteiger partial charge < -0.3 is 5.32 Å². The summed E-state index contributed by atoms with van der Waals surface area (Å²) < 4.78 is 1.76. The number of rotatable bonds is 8. The highest BCUT2D eigenvalue weighted by Crippen LogP contribution is 2.22. The van der Waals surface area contributed by atoms with Crippen LogP contribution in [0.2, 0.25) is 0 Å². The molecule has 1 N–H and O–H groups in total. The third-order valence-electron chi connectivity index (χ3n) is 5.32. The second-order valence-electron chi connectivity index (χ2n) is 8.16. The lowest BCUT2D eigenvalue weighted by molar-refractivity contribution is 0.0949. The van der Waals surface area contributed by atoms with Gasteiger partial charge in [-0.2, -0.15) is 5.10 Å². The average molecular weight is 406 g/mol. The highest BCUT2D eigenvalue weighted by atomic mass is 16.1. The highest BCUT2D eigenvalue weighted by molar-refractivity contribution is 5.95. The third kappa shape index (κ3) is 4.94. The number of aromatic nitrogens is 3. The zero-order chi connectivity index (χ0) is 21.7. The minimum atomic E-state index is -0.118. The fraction of sp³-hybridized carbons (Fsp3) is 0.375. The number of amides is 1. The first kappa shape index (κ1) is 21.7. The molecule has 6 heteroatoms. The van der Waals surface area contributed by atoms with Crippen molar-refractivity contribution in [3.8, 4) is 5.82 Å². The van der Waals surface area contributed by atoms with E-state index >= 15 is 0 Å². The van der Waals surface area contributed by atoms with Crippen LogP contribution in [0.15, 0.2) is 54.9 Å². The molecule has 0 aliphatic carbocycles. The smallest absolute Gasteiger partial charge is 0.255 e. The van der Waals surface area contributed by atoms with Gasteiger partial charge in [0.1, 0.15) is 0 Å². The summed E-state index contributed by atoms with van der Waals surface area (Å²) in [5, 5.41) is 7.53. The number of nitrogens with one attached hydrogen (secondary N) is 1. The van der Waals surface area contributed by atoms with Gasteiger partial charge in [0.2, 0.25) is 0 Å². The van der Waals surface area contributed by atoms with E-state index in [9.17, 15) is 4.79 Å². The van der Waals surface area contributed by atoms with Crippen molar-refractivity contribution in [2.24, 2.45) is 0 Å². The second kappa shape index (κ2) is 9.67. The van der Waals surface area contributed by atoms with Crippen LogP contribution in [0.25, 0.3) is 5.82 Å². The summed E-state index contributed by atoms with van der Waals surface area (Å²) in [4.78, 5) is 19.7. The molecule has 0 atom stereocenters. The van der Waals surface area contributed by atoms with Crippen molar-refractivity contribution in [3.05, 3.63) is 77.2 Å². The van der Waals surface area contributed by atoms with Crippen LogP contribution in [0.4, 0.5) is 0 Å². The van der Waals surface area contributed by atoms with Crippen LogP contribution in [0, 0.1) is 0 Å². The Kier molecular flexibility index (Phi) is 7.00. The molecule has 2 heterocycles. The van der Waals surface area contributed by atoms with Crippen molar-refractivity contribution in [1.82, 2.24) is 25.0 Å². The molecule has 0 bridgehead atoms. The van der Waals surface area contributed by atoms with Crippen LogP contribution in [0.3, 0.4) is 0 Å². The largest absolute Gasteiger partial charge is 0.348 e. The van der Waals surface area contributed by atoms with Crippen LogP contribution < -0.4 is 5.32 Å². The molecule has 6 nitrogen and oxygen atoms in total. The van der Waals surface area contributed by atoms with Crippen molar-refractivity contribution in [1.29, 1.82) is 0 Å². The number of benzene rings is 1. The molecule has 0 aliphatic rings. The molecule has 158 valence electrons. The number of nitrogens with zero attached hydrogens (tertiary/aromatic N) is 4. The van der Waals surface area contributed by atoms with Crippen molar-refractivity contribution in [2.45, 2.75) is 52.7 Å². The molecule has 1 amide bonds. The fourth-order valence-electron chi connectivity index (χ4n) is 3.36. The molecule has 0 radical (unpaired) electrons. The maximum atomic E-state index is 13.0. The Morgan fingerprint density at radius 1 is 1.07 bits per heavy atom. The maximum Gasteiger partial charge on any atom is 0.255 e. The number of hydrogen-bond donors (Lipinski definition) is 1. The molecule has 3 aromatic rings. The van der Waals surface area contributed by atoms with Gasteiger partial charge >= 0.3 is 0 Å². The van der Waals surface area contributed by atoms with Crippen molar-refractivity contribution < 1.29 is 4.79 Å². The first-order valence-corrected chi connectivity index (χ1v) is 10.4. The molecule has 0 saturated heterocycles. The van der Waals surface area contributed by atoms with E-state index in [0.717, 1.165) is 17.8 Å². The number of hydrogen-bond acceptors (Lipinski definition) is 4.